The lowest BCUT2D eigenvalue weighted by molar-refractivity contribution is 0.209. The van der Waals surface area contributed by atoms with Gasteiger partial charge in [0.25, 0.3) is 0 Å². The summed E-state index contributed by atoms with van der Waals surface area (Å²) < 4.78 is 13.4. The van der Waals surface area contributed by atoms with E-state index in [4.69, 9.17) is 15.2 Å². The van der Waals surface area contributed by atoms with Gasteiger partial charge in [0.05, 0.1) is 13.7 Å². The van der Waals surface area contributed by atoms with E-state index in [9.17, 15) is 0 Å². The lowest BCUT2D eigenvalue weighted by atomic mass is 9.90. The molecule has 4 rings (SSSR count). The molecule has 2 N–H and O–H groups in total. The predicted molar refractivity (Wildman–Crippen MR) is 99.3 cm³/mol. The van der Waals surface area contributed by atoms with E-state index in [1.165, 1.54) is 32.1 Å². The van der Waals surface area contributed by atoms with Gasteiger partial charge in [0.15, 0.2) is 5.65 Å². The fraction of sp³-hybridized carbons (Fsp3) is 0.421. The van der Waals surface area contributed by atoms with Gasteiger partial charge >= 0.3 is 0 Å². The van der Waals surface area contributed by atoms with Crippen molar-refractivity contribution in [3.8, 4) is 22.8 Å². The Hall–Kier alpha value is -2.83. The van der Waals surface area contributed by atoms with Crippen molar-refractivity contribution in [2.75, 3.05) is 19.5 Å². The lowest BCUT2D eigenvalue weighted by Gasteiger charge is -2.22. The van der Waals surface area contributed by atoms with Crippen LogP contribution in [0.15, 0.2) is 30.6 Å². The molecule has 3 heterocycles. The van der Waals surface area contributed by atoms with Crippen LogP contribution in [0.2, 0.25) is 0 Å². The molecule has 26 heavy (non-hydrogen) atoms. The Morgan fingerprint density at radius 3 is 2.85 bits per heavy atom. The van der Waals surface area contributed by atoms with Gasteiger partial charge in [-0.3, -0.25) is 4.40 Å². The van der Waals surface area contributed by atoms with Crippen LogP contribution in [0.25, 0.3) is 16.8 Å². The highest BCUT2D eigenvalue weighted by atomic mass is 16.5. The van der Waals surface area contributed by atoms with Crippen LogP contribution in [-0.2, 0) is 0 Å². The largest absolute Gasteiger partial charge is 0.492 e. The first-order valence-electron chi connectivity index (χ1n) is 9.02. The van der Waals surface area contributed by atoms with Gasteiger partial charge < -0.3 is 15.2 Å². The summed E-state index contributed by atoms with van der Waals surface area (Å²) in [6.45, 7) is 0.704. The maximum Gasteiger partial charge on any atom is 0.226 e. The number of rotatable bonds is 5. The highest BCUT2D eigenvalue weighted by molar-refractivity contribution is 5.76. The molecule has 0 atom stereocenters. The lowest BCUT2D eigenvalue weighted by Crippen LogP contribution is -2.15. The topological polar surface area (TPSA) is 87.6 Å². The van der Waals surface area contributed by atoms with Crippen LogP contribution < -0.4 is 15.2 Å². The van der Waals surface area contributed by atoms with Gasteiger partial charge in [-0.1, -0.05) is 19.3 Å². The Labute approximate surface area is 152 Å². The molecule has 7 heteroatoms. The summed E-state index contributed by atoms with van der Waals surface area (Å²) in [5.41, 5.74) is 8.31. The number of aromatic nitrogens is 4. The third kappa shape index (κ3) is 3.16. The smallest absolute Gasteiger partial charge is 0.226 e. The quantitative estimate of drug-likeness (QED) is 0.757. The molecule has 0 unspecified atom stereocenters. The zero-order chi connectivity index (χ0) is 17.9. The van der Waals surface area contributed by atoms with Crippen molar-refractivity contribution in [1.82, 2.24) is 19.6 Å². The van der Waals surface area contributed by atoms with Crippen molar-refractivity contribution in [1.29, 1.82) is 0 Å². The Bertz CT molecular complexity index is 902. The number of ether oxygens (including phenoxy) is 2. The van der Waals surface area contributed by atoms with Gasteiger partial charge in [-0.2, -0.15) is 0 Å². The van der Waals surface area contributed by atoms with Crippen LogP contribution in [0.4, 0.5) is 5.95 Å². The minimum absolute atomic E-state index is 0.336. The van der Waals surface area contributed by atoms with Gasteiger partial charge in [-0.15, -0.1) is 10.2 Å². The minimum atomic E-state index is 0.336. The Balaban J connectivity index is 1.74. The second kappa shape index (κ2) is 7.19. The fourth-order valence-electron chi connectivity index (χ4n) is 3.58. The maximum absolute atomic E-state index is 6.24. The normalized spacial score (nSPS) is 15.3. The predicted octanol–water partition coefficient (Wildman–Crippen LogP) is 3.34. The molecule has 0 bridgehead atoms. The molecule has 0 saturated heterocycles. The van der Waals surface area contributed by atoms with Crippen molar-refractivity contribution in [3.63, 3.8) is 0 Å². The number of nitrogens with zero attached hydrogens (tertiary/aromatic N) is 4. The van der Waals surface area contributed by atoms with Crippen LogP contribution in [0, 0.1) is 5.92 Å². The first kappa shape index (κ1) is 16.6. The van der Waals surface area contributed by atoms with Crippen molar-refractivity contribution in [2.45, 2.75) is 32.1 Å². The standard InChI is InChI=1S/C19H23N5O2/c1-25-18-14(8-5-9-21-18)15-11-24-17(22-23-19(24)20)10-16(15)26-12-13-6-3-2-4-7-13/h5,8-11,13H,2-4,6-7,12H2,1H3,(H2,20,23). The number of fused-ring (bicyclic) bond motifs is 1. The zero-order valence-corrected chi connectivity index (χ0v) is 14.9. The third-order valence-corrected chi connectivity index (χ3v) is 4.99. The number of nitrogens with two attached hydrogens (primary N) is 1. The molecule has 3 aromatic heterocycles. The van der Waals surface area contributed by atoms with Gasteiger partial charge in [-0.25, -0.2) is 4.98 Å². The van der Waals surface area contributed by atoms with E-state index in [2.05, 4.69) is 15.2 Å². The number of nitrogen functional groups attached to an aromatic ring is 1. The molecule has 7 nitrogen and oxygen atoms in total. The molecule has 0 aliphatic heterocycles. The molecular weight excluding hydrogens is 330 g/mol. The minimum Gasteiger partial charge on any atom is -0.492 e. The average Bonchev–Trinajstić information content (AvgIpc) is 3.06. The van der Waals surface area contributed by atoms with E-state index < -0.39 is 0 Å². The molecule has 0 spiro atoms. The molecule has 1 saturated carbocycles. The SMILES string of the molecule is COc1ncccc1-c1cn2c(N)nnc2cc1OCC1CCCCC1. The van der Waals surface area contributed by atoms with E-state index in [1.807, 2.05) is 24.4 Å². The highest BCUT2D eigenvalue weighted by Gasteiger charge is 2.19. The first-order chi connectivity index (χ1) is 12.8. The molecule has 0 amide bonds. The Morgan fingerprint density at radius 2 is 2.04 bits per heavy atom. The number of anilines is 1. The van der Waals surface area contributed by atoms with Gasteiger partial charge in [-0.05, 0) is 30.9 Å². The summed E-state index contributed by atoms with van der Waals surface area (Å²) in [7, 11) is 1.61. The van der Waals surface area contributed by atoms with E-state index in [0.29, 0.717) is 30.0 Å². The summed E-state index contributed by atoms with van der Waals surface area (Å²) in [6, 6.07) is 5.72. The average molecular weight is 353 g/mol. The number of pyridine rings is 2. The van der Waals surface area contributed by atoms with Gasteiger partial charge in [0.2, 0.25) is 11.8 Å². The summed E-state index contributed by atoms with van der Waals surface area (Å²) >= 11 is 0. The summed E-state index contributed by atoms with van der Waals surface area (Å²) in [6.07, 6.45) is 9.96. The van der Waals surface area contributed by atoms with Crippen LogP contribution in [-0.4, -0.2) is 33.3 Å². The van der Waals surface area contributed by atoms with E-state index >= 15 is 0 Å². The third-order valence-electron chi connectivity index (χ3n) is 4.99. The second-order valence-electron chi connectivity index (χ2n) is 6.71. The summed E-state index contributed by atoms with van der Waals surface area (Å²) in [5, 5.41) is 8.06. The second-order valence-corrected chi connectivity index (χ2v) is 6.71. The summed E-state index contributed by atoms with van der Waals surface area (Å²) in [4.78, 5) is 4.31. The Morgan fingerprint density at radius 1 is 1.19 bits per heavy atom. The van der Waals surface area contributed by atoms with Gasteiger partial charge in [0, 0.05) is 29.6 Å². The van der Waals surface area contributed by atoms with Gasteiger partial charge in [0.1, 0.15) is 5.75 Å². The first-order valence-corrected chi connectivity index (χ1v) is 9.02. The van der Waals surface area contributed by atoms with E-state index in [-0.39, 0.29) is 0 Å². The van der Waals surface area contributed by atoms with E-state index in [0.717, 1.165) is 16.9 Å². The number of hydrogen-bond donors (Lipinski definition) is 1. The van der Waals surface area contributed by atoms with Crippen molar-refractivity contribution >= 4 is 11.6 Å². The molecule has 136 valence electrons. The molecule has 1 aliphatic rings. The zero-order valence-electron chi connectivity index (χ0n) is 14.9. The fourth-order valence-corrected chi connectivity index (χ4v) is 3.58. The van der Waals surface area contributed by atoms with Crippen LogP contribution in [0.1, 0.15) is 32.1 Å². The molecule has 0 aromatic carbocycles. The molecule has 3 aromatic rings. The maximum atomic E-state index is 6.24. The number of methoxy groups -OCH3 is 1. The summed E-state index contributed by atoms with van der Waals surface area (Å²) in [5.74, 6) is 2.23. The van der Waals surface area contributed by atoms with Crippen molar-refractivity contribution < 1.29 is 9.47 Å². The van der Waals surface area contributed by atoms with Crippen molar-refractivity contribution in [2.24, 2.45) is 5.92 Å². The van der Waals surface area contributed by atoms with Crippen LogP contribution in [0.5, 0.6) is 11.6 Å². The van der Waals surface area contributed by atoms with E-state index in [1.54, 1.807) is 17.7 Å². The highest BCUT2D eigenvalue weighted by Crippen LogP contribution is 2.36. The van der Waals surface area contributed by atoms with Crippen LogP contribution in [0.3, 0.4) is 0 Å². The molecule has 0 radical (unpaired) electrons. The molecule has 1 fully saturated rings. The molecular formula is C19H23N5O2. The molecule has 1 aliphatic carbocycles. The number of hydrogen-bond acceptors (Lipinski definition) is 6. The Kier molecular flexibility index (Phi) is 4.60. The van der Waals surface area contributed by atoms with Crippen molar-refractivity contribution in [3.05, 3.63) is 30.6 Å². The van der Waals surface area contributed by atoms with Crippen LogP contribution >= 0.6 is 0 Å². The monoisotopic (exact) mass is 353 g/mol.